The van der Waals surface area contributed by atoms with Crippen LogP contribution in [-0.4, -0.2) is 38.5 Å². The van der Waals surface area contributed by atoms with E-state index < -0.39 is 5.54 Å². The van der Waals surface area contributed by atoms with Gasteiger partial charge in [-0.3, -0.25) is 0 Å². The van der Waals surface area contributed by atoms with E-state index in [9.17, 15) is 0 Å². The van der Waals surface area contributed by atoms with Crippen molar-refractivity contribution in [2.45, 2.75) is 45.3 Å². The quantitative estimate of drug-likeness (QED) is 0.610. The molecule has 1 N–H and O–H groups in total. The third-order valence-electron chi connectivity index (χ3n) is 2.44. The molecule has 0 aliphatic rings. The topological polar surface area (TPSA) is 54.3 Å². The van der Waals surface area contributed by atoms with Gasteiger partial charge < -0.3 is 14.8 Å². The molecule has 94 valence electrons. The standard InChI is InChI=1S/C12H24N2O2/c1-11(2)16-9-8-15-7-5-6-12(3,10-13)14-4/h11,14H,5-9H2,1-4H3. The Kier molecular flexibility index (Phi) is 8.18. The zero-order valence-corrected chi connectivity index (χ0v) is 10.9. The molecule has 4 nitrogen and oxygen atoms in total. The average Bonchev–Trinajstić information content (AvgIpc) is 2.27. The van der Waals surface area contributed by atoms with Gasteiger partial charge in [0.05, 0.1) is 25.4 Å². The fourth-order valence-electron chi connectivity index (χ4n) is 1.21. The van der Waals surface area contributed by atoms with Gasteiger partial charge in [0.2, 0.25) is 0 Å². The van der Waals surface area contributed by atoms with E-state index in [0.717, 1.165) is 12.8 Å². The largest absolute Gasteiger partial charge is 0.379 e. The smallest absolute Gasteiger partial charge is 0.103 e. The van der Waals surface area contributed by atoms with Gasteiger partial charge in [-0.2, -0.15) is 5.26 Å². The lowest BCUT2D eigenvalue weighted by atomic mass is 9.98. The van der Waals surface area contributed by atoms with Crippen LogP contribution >= 0.6 is 0 Å². The Morgan fingerprint density at radius 1 is 1.31 bits per heavy atom. The van der Waals surface area contributed by atoms with E-state index in [1.54, 1.807) is 7.05 Å². The first-order valence-electron chi connectivity index (χ1n) is 5.83. The number of hydrogen-bond donors (Lipinski definition) is 1. The van der Waals surface area contributed by atoms with Crippen molar-refractivity contribution >= 4 is 0 Å². The maximum Gasteiger partial charge on any atom is 0.103 e. The summed E-state index contributed by atoms with van der Waals surface area (Å²) in [5.74, 6) is 0. The monoisotopic (exact) mass is 228 g/mol. The van der Waals surface area contributed by atoms with Crippen LogP contribution in [0.2, 0.25) is 0 Å². The molecule has 0 heterocycles. The molecule has 0 saturated carbocycles. The Bertz CT molecular complexity index is 214. The molecule has 4 heteroatoms. The third kappa shape index (κ3) is 7.63. The van der Waals surface area contributed by atoms with Crippen LogP contribution in [0.15, 0.2) is 0 Å². The van der Waals surface area contributed by atoms with Crippen molar-refractivity contribution in [3.63, 3.8) is 0 Å². The van der Waals surface area contributed by atoms with E-state index >= 15 is 0 Å². The zero-order valence-electron chi connectivity index (χ0n) is 10.9. The van der Waals surface area contributed by atoms with Gasteiger partial charge in [0, 0.05) is 6.61 Å². The Hall–Kier alpha value is -0.630. The predicted octanol–water partition coefficient (Wildman–Crippen LogP) is 1.71. The second-order valence-electron chi connectivity index (χ2n) is 4.33. The van der Waals surface area contributed by atoms with Crippen LogP contribution in [0.5, 0.6) is 0 Å². The number of rotatable bonds is 9. The lowest BCUT2D eigenvalue weighted by Gasteiger charge is -2.20. The Labute approximate surface area is 98.9 Å². The summed E-state index contributed by atoms with van der Waals surface area (Å²) < 4.78 is 10.7. The fourth-order valence-corrected chi connectivity index (χ4v) is 1.21. The molecule has 0 bridgehead atoms. The molecule has 0 aliphatic carbocycles. The van der Waals surface area contributed by atoms with Crippen molar-refractivity contribution in [1.82, 2.24) is 5.32 Å². The lowest BCUT2D eigenvalue weighted by molar-refractivity contribution is 0.0181. The van der Waals surface area contributed by atoms with Gasteiger partial charge in [-0.15, -0.1) is 0 Å². The summed E-state index contributed by atoms with van der Waals surface area (Å²) in [7, 11) is 1.81. The molecule has 16 heavy (non-hydrogen) atoms. The molecule has 0 spiro atoms. The van der Waals surface area contributed by atoms with Crippen molar-refractivity contribution in [3.8, 4) is 6.07 Å². The Morgan fingerprint density at radius 3 is 2.50 bits per heavy atom. The van der Waals surface area contributed by atoms with Crippen LogP contribution < -0.4 is 5.32 Å². The van der Waals surface area contributed by atoms with E-state index in [1.807, 2.05) is 20.8 Å². The van der Waals surface area contributed by atoms with E-state index in [4.69, 9.17) is 14.7 Å². The van der Waals surface area contributed by atoms with Crippen LogP contribution in [-0.2, 0) is 9.47 Å². The van der Waals surface area contributed by atoms with Crippen molar-refractivity contribution < 1.29 is 9.47 Å². The molecule has 1 unspecified atom stereocenters. The van der Waals surface area contributed by atoms with Gasteiger partial charge in [0.15, 0.2) is 0 Å². The van der Waals surface area contributed by atoms with Crippen LogP contribution in [0.3, 0.4) is 0 Å². The number of nitrogens with zero attached hydrogens (tertiary/aromatic N) is 1. The fraction of sp³-hybridized carbons (Fsp3) is 0.917. The van der Waals surface area contributed by atoms with E-state index in [0.29, 0.717) is 19.8 Å². The third-order valence-corrected chi connectivity index (χ3v) is 2.44. The molecule has 0 rings (SSSR count). The molecule has 0 saturated heterocycles. The van der Waals surface area contributed by atoms with Crippen LogP contribution in [0.4, 0.5) is 0 Å². The highest BCUT2D eigenvalue weighted by molar-refractivity contribution is 5.02. The minimum atomic E-state index is -0.433. The summed E-state index contributed by atoms with van der Waals surface area (Å²) in [6, 6.07) is 2.25. The first-order valence-corrected chi connectivity index (χ1v) is 5.83. The van der Waals surface area contributed by atoms with Gasteiger partial charge in [0.1, 0.15) is 5.54 Å². The summed E-state index contributed by atoms with van der Waals surface area (Å²) in [5.41, 5.74) is -0.433. The van der Waals surface area contributed by atoms with E-state index in [-0.39, 0.29) is 6.10 Å². The maximum atomic E-state index is 8.91. The SMILES string of the molecule is CNC(C)(C#N)CCCOCCOC(C)C. The molecule has 0 aliphatic heterocycles. The first kappa shape index (κ1) is 15.4. The normalized spacial score (nSPS) is 14.8. The summed E-state index contributed by atoms with van der Waals surface area (Å²) >= 11 is 0. The Balaban J connectivity index is 3.37. The van der Waals surface area contributed by atoms with Gasteiger partial charge >= 0.3 is 0 Å². The average molecular weight is 228 g/mol. The van der Waals surface area contributed by atoms with Crippen molar-refractivity contribution in [2.75, 3.05) is 26.9 Å². The first-order chi connectivity index (χ1) is 7.54. The summed E-state index contributed by atoms with van der Waals surface area (Å²) in [5, 5.41) is 11.9. The van der Waals surface area contributed by atoms with Crippen LogP contribution in [0.1, 0.15) is 33.6 Å². The zero-order chi connectivity index (χ0) is 12.4. The van der Waals surface area contributed by atoms with Gasteiger partial charge in [-0.25, -0.2) is 0 Å². The van der Waals surface area contributed by atoms with E-state index in [2.05, 4.69) is 11.4 Å². The summed E-state index contributed by atoms with van der Waals surface area (Å²) in [6.45, 7) is 7.85. The molecule has 0 amide bonds. The number of ether oxygens (including phenoxy) is 2. The van der Waals surface area contributed by atoms with Gasteiger partial charge in [-0.1, -0.05) is 0 Å². The second-order valence-corrected chi connectivity index (χ2v) is 4.33. The number of nitrogens with one attached hydrogen (secondary N) is 1. The number of hydrogen-bond acceptors (Lipinski definition) is 4. The van der Waals surface area contributed by atoms with E-state index in [1.165, 1.54) is 0 Å². The molecule has 0 radical (unpaired) electrons. The molecule has 1 atom stereocenters. The minimum absolute atomic E-state index is 0.259. The predicted molar refractivity (Wildman–Crippen MR) is 64.2 cm³/mol. The summed E-state index contributed by atoms with van der Waals surface area (Å²) in [4.78, 5) is 0. The van der Waals surface area contributed by atoms with Crippen LogP contribution in [0.25, 0.3) is 0 Å². The molecular formula is C12H24N2O2. The molecular weight excluding hydrogens is 204 g/mol. The van der Waals surface area contributed by atoms with Crippen molar-refractivity contribution in [1.29, 1.82) is 5.26 Å². The summed E-state index contributed by atoms with van der Waals surface area (Å²) in [6.07, 6.45) is 1.94. The Morgan fingerprint density at radius 2 is 2.00 bits per heavy atom. The highest BCUT2D eigenvalue weighted by Gasteiger charge is 2.19. The molecule has 0 aromatic carbocycles. The second kappa shape index (κ2) is 8.51. The van der Waals surface area contributed by atoms with Crippen molar-refractivity contribution in [3.05, 3.63) is 0 Å². The minimum Gasteiger partial charge on any atom is -0.379 e. The maximum absolute atomic E-state index is 8.91. The van der Waals surface area contributed by atoms with Crippen molar-refractivity contribution in [2.24, 2.45) is 0 Å². The molecule has 0 aromatic rings. The van der Waals surface area contributed by atoms with Crippen LogP contribution in [0, 0.1) is 11.3 Å². The highest BCUT2D eigenvalue weighted by atomic mass is 16.5. The lowest BCUT2D eigenvalue weighted by Crippen LogP contribution is -2.38. The molecule has 0 fully saturated rings. The highest BCUT2D eigenvalue weighted by Crippen LogP contribution is 2.09. The molecule has 0 aromatic heterocycles. The number of nitriles is 1. The van der Waals surface area contributed by atoms with Gasteiger partial charge in [-0.05, 0) is 40.7 Å². The van der Waals surface area contributed by atoms with Gasteiger partial charge in [0.25, 0.3) is 0 Å².